The van der Waals surface area contributed by atoms with Crippen molar-refractivity contribution >= 4 is 5.97 Å². The Morgan fingerprint density at radius 2 is 1.79 bits per heavy atom. The number of nitrogens with zero attached hydrogens (tertiary/aromatic N) is 2. The van der Waals surface area contributed by atoms with Gasteiger partial charge in [0.25, 0.3) is 0 Å². The molecule has 19 heavy (non-hydrogen) atoms. The molecule has 1 aromatic heterocycles. The molecule has 0 aliphatic heterocycles. The van der Waals surface area contributed by atoms with E-state index in [9.17, 15) is 4.79 Å². The number of aryl methyl sites for hydroxylation is 2. The highest BCUT2D eigenvalue weighted by Crippen LogP contribution is 2.21. The molecule has 2 rings (SSSR count). The summed E-state index contributed by atoms with van der Waals surface area (Å²) in [6.07, 6.45) is 0. The third-order valence-electron chi connectivity index (χ3n) is 2.98. The maximum Gasteiger partial charge on any atom is 0.313 e. The molecule has 1 N–H and O–H groups in total. The molecule has 0 saturated carbocycles. The average Bonchev–Trinajstić information content (AvgIpc) is 2.37. The molecule has 1 atom stereocenters. The zero-order chi connectivity index (χ0) is 14.0. The molecule has 0 spiro atoms. The van der Waals surface area contributed by atoms with Gasteiger partial charge in [-0.25, -0.2) is 9.97 Å². The number of carboxylic acids is 1. The first-order chi connectivity index (χ1) is 8.97. The zero-order valence-electron chi connectivity index (χ0n) is 11.2. The fraction of sp³-hybridized carbons (Fsp3) is 0.267. The summed E-state index contributed by atoms with van der Waals surface area (Å²) in [5.41, 5.74) is 3.67. The van der Waals surface area contributed by atoms with E-state index >= 15 is 0 Å². The third-order valence-corrected chi connectivity index (χ3v) is 2.98. The fourth-order valence-electron chi connectivity index (χ4n) is 1.77. The summed E-state index contributed by atoms with van der Waals surface area (Å²) in [6.45, 7) is 5.46. The molecular weight excluding hydrogens is 240 g/mol. The standard InChI is InChI=1S/C15H16N2O2/c1-9-4-6-12(7-5-9)13-8-10(2)16-14(17-13)11(3)15(18)19/h4-8,11H,1-3H3,(H,18,19). The van der Waals surface area contributed by atoms with Gasteiger partial charge in [0.1, 0.15) is 11.7 Å². The van der Waals surface area contributed by atoms with Crippen molar-refractivity contribution in [3.05, 3.63) is 47.4 Å². The maximum atomic E-state index is 11.0. The van der Waals surface area contributed by atoms with Gasteiger partial charge in [-0.05, 0) is 26.8 Å². The van der Waals surface area contributed by atoms with Gasteiger partial charge in [-0.1, -0.05) is 29.8 Å². The van der Waals surface area contributed by atoms with Crippen molar-refractivity contribution in [1.29, 1.82) is 0 Å². The number of aromatic nitrogens is 2. The molecule has 2 aromatic rings. The van der Waals surface area contributed by atoms with E-state index in [1.165, 1.54) is 5.56 Å². The Labute approximate surface area is 112 Å². The summed E-state index contributed by atoms with van der Waals surface area (Å²) in [4.78, 5) is 19.6. The molecule has 4 nitrogen and oxygen atoms in total. The SMILES string of the molecule is Cc1ccc(-c2cc(C)nc(C(C)C(=O)O)n2)cc1. The van der Waals surface area contributed by atoms with E-state index in [1.54, 1.807) is 6.92 Å². The number of hydrogen-bond donors (Lipinski definition) is 1. The average molecular weight is 256 g/mol. The Hall–Kier alpha value is -2.23. The third kappa shape index (κ3) is 2.96. The number of rotatable bonds is 3. The van der Waals surface area contributed by atoms with Gasteiger partial charge < -0.3 is 5.11 Å². The molecule has 0 bridgehead atoms. The first-order valence-corrected chi connectivity index (χ1v) is 6.13. The number of aliphatic carboxylic acids is 1. The van der Waals surface area contributed by atoms with Crippen LogP contribution in [-0.2, 0) is 4.79 Å². The fourth-order valence-corrected chi connectivity index (χ4v) is 1.77. The van der Waals surface area contributed by atoms with Crippen molar-refractivity contribution in [2.45, 2.75) is 26.7 Å². The van der Waals surface area contributed by atoms with Gasteiger partial charge in [-0.3, -0.25) is 4.79 Å². The highest BCUT2D eigenvalue weighted by Gasteiger charge is 2.18. The van der Waals surface area contributed by atoms with Gasteiger partial charge in [0.2, 0.25) is 0 Å². The molecular formula is C15H16N2O2. The van der Waals surface area contributed by atoms with E-state index in [2.05, 4.69) is 9.97 Å². The Morgan fingerprint density at radius 1 is 1.16 bits per heavy atom. The van der Waals surface area contributed by atoms with E-state index in [0.29, 0.717) is 5.82 Å². The molecule has 1 aromatic carbocycles. The van der Waals surface area contributed by atoms with Crippen LogP contribution in [0.15, 0.2) is 30.3 Å². The molecule has 0 saturated heterocycles. The quantitative estimate of drug-likeness (QED) is 0.917. The first-order valence-electron chi connectivity index (χ1n) is 6.13. The van der Waals surface area contributed by atoms with E-state index in [4.69, 9.17) is 5.11 Å². The zero-order valence-corrected chi connectivity index (χ0v) is 11.2. The summed E-state index contributed by atoms with van der Waals surface area (Å²) in [5.74, 6) is -1.27. The number of carboxylic acid groups (broad SMARTS) is 1. The lowest BCUT2D eigenvalue weighted by molar-refractivity contribution is -0.138. The van der Waals surface area contributed by atoms with Crippen LogP contribution in [0.25, 0.3) is 11.3 Å². The molecule has 0 radical (unpaired) electrons. The molecule has 0 aliphatic carbocycles. The Morgan fingerprint density at radius 3 is 2.37 bits per heavy atom. The normalized spacial score (nSPS) is 12.2. The Kier molecular flexibility index (Phi) is 3.60. The van der Waals surface area contributed by atoms with Crippen molar-refractivity contribution in [2.24, 2.45) is 0 Å². The van der Waals surface area contributed by atoms with Crippen LogP contribution in [0, 0.1) is 13.8 Å². The van der Waals surface area contributed by atoms with Crippen LogP contribution < -0.4 is 0 Å². The molecule has 0 amide bonds. The summed E-state index contributed by atoms with van der Waals surface area (Å²) in [7, 11) is 0. The highest BCUT2D eigenvalue weighted by molar-refractivity contribution is 5.74. The predicted molar refractivity (Wildman–Crippen MR) is 73.0 cm³/mol. The molecule has 0 aliphatic rings. The van der Waals surface area contributed by atoms with E-state index in [0.717, 1.165) is 17.0 Å². The topological polar surface area (TPSA) is 63.1 Å². The highest BCUT2D eigenvalue weighted by atomic mass is 16.4. The van der Waals surface area contributed by atoms with E-state index < -0.39 is 11.9 Å². The maximum absolute atomic E-state index is 11.0. The largest absolute Gasteiger partial charge is 0.481 e. The van der Waals surface area contributed by atoms with Crippen LogP contribution in [-0.4, -0.2) is 21.0 Å². The van der Waals surface area contributed by atoms with Crippen molar-refractivity contribution in [1.82, 2.24) is 9.97 Å². The van der Waals surface area contributed by atoms with Crippen LogP contribution in [0.1, 0.15) is 29.9 Å². The van der Waals surface area contributed by atoms with E-state index in [-0.39, 0.29) is 0 Å². The van der Waals surface area contributed by atoms with E-state index in [1.807, 2.05) is 44.2 Å². The predicted octanol–water partition coefficient (Wildman–Crippen LogP) is 2.95. The van der Waals surface area contributed by atoms with Crippen molar-refractivity contribution in [2.75, 3.05) is 0 Å². The van der Waals surface area contributed by atoms with Crippen molar-refractivity contribution in [3.63, 3.8) is 0 Å². The molecule has 98 valence electrons. The van der Waals surface area contributed by atoms with Crippen LogP contribution in [0.5, 0.6) is 0 Å². The first kappa shape index (κ1) is 13.2. The number of carbonyl (C=O) groups is 1. The second-order valence-corrected chi connectivity index (χ2v) is 4.68. The van der Waals surface area contributed by atoms with Crippen molar-refractivity contribution in [3.8, 4) is 11.3 Å². The summed E-state index contributed by atoms with van der Waals surface area (Å²) in [6, 6.07) is 9.83. The van der Waals surface area contributed by atoms with Crippen molar-refractivity contribution < 1.29 is 9.90 Å². The van der Waals surface area contributed by atoms with Gasteiger partial charge in [0.15, 0.2) is 0 Å². The van der Waals surface area contributed by atoms with Crippen LogP contribution in [0.2, 0.25) is 0 Å². The minimum Gasteiger partial charge on any atom is -0.481 e. The molecule has 0 fully saturated rings. The minimum atomic E-state index is -0.916. The lowest BCUT2D eigenvalue weighted by Crippen LogP contribution is -2.12. The van der Waals surface area contributed by atoms with Crippen LogP contribution in [0.4, 0.5) is 0 Å². The smallest absolute Gasteiger partial charge is 0.313 e. The van der Waals surface area contributed by atoms with Crippen LogP contribution >= 0.6 is 0 Å². The van der Waals surface area contributed by atoms with Crippen LogP contribution in [0.3, 0.4) is 0 Å². The lowest BCUT2D eigenvalue weighted by Gasteiger charge is -2.09. The molecule has 1 heterocycles. The molecule has 4 heteroatoms. The lowest BCUT2D eigenvalue weighted by atomic mass is 10.1. The number of hydrogen-bond acceptors (Lipinski definition) is 3. The monoisotopic (exact) mass is 256 g/mol. The molecule has 1 unspecified atom stereocenters. The second kappa shape index (κ2) is 5.18. The van der Waals surface area contributed by atoms with Gasteiger partial charge in [0.05, 0.1) is 5.69 Å². The summed E-state index contributed by atoms with van der Waals surface area (Å²) >= 11 is 0. The van der Waals surface area contributed by atoms with Gasteiger partial charge in [0, 0.05) is 11.3 Å². The minimum absolute atomic E-state index is 0.350. The Balaban J connectivity index is 2.47. The second-order valence-electron chi connectivity index (χ2n) is 4.68. The van der Waals surface area contributed by atoms with Gasteiger partial charge in [-0.2, -0.15) is 0 Å². The van der Waals surface area contributed by atoms with Gasteiger partial charge >= 0.3 is 5.97 Å². The summed E-state index contributed by atoms with van der Waals surface area (Å²) < 4.78 is 0. The number of benzene rings is 1. The van der Waals surface area contributed by atoms with Gasteiger partial charge in [-0.15, -0.1) is 0 Å². The Bertz CT molecular complexity index is 606. The summed E-state index contributed by atoms with van der Waals surface area (Å²) in [5, 5.41) is 9.04.